The maximum Gasteiger partial charge on any atom is 0.272 e. The Bertz CT molecular complexity index is 1380. The lowest BCUT2D eigenvalue weighted by Crippen LogP contribution is -2.33. The van der Waals surface area contributed by atoms with Crippen LogP contribution in [0.5, 0.6) is 0 Å². The second-order valence-electron chi connectivity index (χ2n) is 10.6. The minimum Gasteiger partial charge on any atom is -0.397 e. The molecule has 0 radical (unpaired) electrons. The number of hydrogen-bond donors (Lipinski definition) is 3. The van der Waals surface area contributed by atoms with Crippen molar-refractivity contribution in [3.05, 3.63) is 83.6 Å². The highest BCUT2D eigenvalue weighted by atomic mass is 16.1. The quantitative estimate of drug-likeness (QED) is 0.301. The molecular weight excluding hydrogens is 406 g/mol. The van der Waals surface area contributed by atoms with Gasteiger partial charge < -0.3 is 16.0 Å². The third-order valence-corrected chi connectivity index (χ3v) is 7.26. The molecule has 0 atom stereocenters. The number of benzene rings is 3. The van der Waals surface area contributed by atoms with E-state index in [0.29, 0.717) is 17.1 Å². The van der Waals surface area contributed by atoms with Gasteiger partial charge in [0, 0.05) is 10.9 Å². The molecule has 0 aliphatic heterocycles. The number of para-hydroxylation sites is 2. The SMILES string of the molecule is CC1(C)CCC(C)(C)c2cc(-c3ccc4cc(C(=O)Nc5ccccc5N)[nH]c4c3)ccc21. The molecule has 0 fully saturated rings. The van der Waals surface area contributed by atoms with Gasteiger partial charge in [-0.3, -0.25) is 4.79 Å². The number of aromatic amines is 1. The molecule has 3 aromatic carbocycles. The fraction of sp³-hybridized carbons (Fsp3) is 0.276. The van der Waals surface area contributed by atoms with E-state index in [-0.39, 0.29) is 16.7 Å². The van der Waals surface area contributed by atoms with Crippen LogP contribution in [0.25, 0.3) is 22.0 Å². The van der Waals surface area contributed by atoms with E-state index in [1.54, 1.807) is 12.1 Å². The summed E-state index contributed by atoms with van der Waals surface area (Å²) in [6, 6.07) is 22.4. The van der Waals surface area contributed by atoms with E-state index in [1.165, 1.54) is 29.5 Å². The number of aromatic nitrogens is 1. The molecule has 5 rings (SSSR count). The molecule has 1 heterocycles. The third kappa shape index (κ3) is 3.80. The van der Waals surface area contributed by atoms with Crippen LogP contribution in [-0.4, -0.2) is 10.9 Å². The van der Waals surface area contributed by atoms with Gasteiger partial charge in [-0.05, 0) is 70.2 Å². The van der Waals surface area contributed by atoms with Gasteiger partial charge in [0.15, 0.2) is 0 Å². The van der Waals surface area contributed by atoms with Crippen molar-refractivity contribution in [3.63, 3.8) is 0 Å². The van der Waals surface area contributed by atoms with Gasteiger partial charge in [-0.2, -0.15) is 0 Å². The molecule has 4 N–H and O–H groups in total. The van der Waals surface area contributed by atoms with Crippen LogP contribution in [0.3, 0.4) is 0 Å². The maximum atomic E-state index is 12.8. The summed E-state index contributed by atoms with van der Waals surface area (Å²) in [5.41, 5.74) is 14.2. The fourth-order valence-electron chi connectivity index (χ4n) is 5.00. The molecule has 1 aliphatic rings. The molecule has 1 aromatic heterocycles. The Morgan fingerprint density at radius 3 is 2.27 bits per heavy atom. The van der Waals surface area contributed by atoms with Crippen LogP contribution < -0.4 is 11.1 Å². The van der Waals surface area contributed by atoms with E-state index in [4.69, 9.17) is 5.73 Å². The lowest BCUT2D eigenvalue weighted by molar-refractivity contribution is 0.102. The van der Waals surface area contributed by atoms with Crippen molar-refractivity contribution in [2.45, 2.75) is 51.4 Å². The predicted octanol–water partition coefficient (Wildman–Crippen LogP) is 7.02. The molecule has 4 nitrogen and oxygen atoms in total. The van der Waals surface area contributed by atoms with Crippen LogP contribution >= 0.6 is 0 Å². The molecule has 0 spiro atoms. The molecule has 1 aliphatic carbocycles. The first kappa shape index (κ1) is 21.3. The number of nitrogens with one attached hydrogen (secondary N) is 2. The van der Waals surface area contributed by atoms with Gasteiger partial charge in [0.05, 0.1) is 11.4 Å². The summed E-state index contributed by atoms with van der Waals surface area (Å²) < 4.78 is 0. The zero-order chi connectivity index (χ0) is 23.4. The minimum atomic E-state index is -0.205. The maximum absolute atomic E-state index is 12.8. The van der Waals surface area contributed by atoms with Gasteiger partial charge in [-0.15, -0.1) is 0 Å². The zero-order valence-corrected chi connectivity index (χ0v) is 19.8. The second kappa shape index (κ2) is 7.51. The number of hydrogen-bond acceptors (Lipinski definition) is 2. The van der Waals surface area contributed by atoms with Crippen molar-refractivity contribution in [2.24, 2.45) is 0 Å². The van der Waals surface area contributed by atoms with Crippen molar-refractivity contribution in [2.75, 3.05) is 11.1 Å². The van der Waals surface area contributed by atoms with E-state index < -0.39 is 0 Å². The standard InChI is InChI=1S/C29H31N3O/c1-28(2)13-14-29(3,4)22-15-18(11-12-21(22)28)19-9-10-20-17-26(31-25(20)16-19)27(33)32-24-8-6-5-7-23(24)30/h5-12,15-17,31H,13-14,30H2,1-4H3,(H,32,33). The number of amides is 1. The van der Waals surface area contributed by atoms with E-state index in [2.05, 4.69) is 74.4 Å². The van der Waals surface area contributed by atoms with E-state index in [9.17, 15) is 4.79 Å². The summed E-state index contributed by atoms with van der Waals surface area (Å²) in [4.78, 5) is 16.1. The van der Waals surface area contributed by atoms with Gasteiger partial charge in [-0.1, -0.05) is 70.2 Å². The number of nitrogens with two attached hydrogens (primary N) is 1. The number of rotatable bonds is 3. The third-order valence-electron chi connectivity index (χ3n) is 7.26. The van der Waals surface area contributed by atoms with Crippen molar-refractivity contribution in [1.82, 2.24) is 4.98 Å². The topological polar surface area (TPSA) is 70.9 Å². The van der Waals surface area contributed by atoms with Crippen LogP contribution in [0.15, 0.2) is 66.7 Å². The average Bonchev–Trinajstić information content (AvgIpc) is 3.22. The van der Waals surface area contributed by atoms with Crippen molar-refractivity contribution in [3.8, 4) is 11.1 Å². The highest BCUT2D eigenvalue weighted by molar-refractivity contribution is 6.07. The molecule has 0 saturated carbocycles. The molecule has 0 saturated heterocycles. The van der Waals surface area contributed by atoms with Gasteiger partial charge in [-0.25, -0.2) is 0 Å². The van der Waals surface area contributed by atoms with Crippen LogP contribution in [-0.2, 0) is 10.8 Å². The number of H-pyrrole nitrogens is 1. The summed E-state index contributed by atoms with van der Waals surface area (Å²) in [6.45, 7) is 9.40. The molecule has 4 heteroatoms. The van der Waals surface area contributed by atoms with Crippen LogP contribution in [0.4, 0.5) is 11.4 Å². The van der Waals surface area contributed by atoms with E-state index >= 15 is 0 Å². The summed E-state index contributed by atoms with van der Waals surface area (Å²) in [5, 5.41) is 3.89. The number of fused-ring (bicyclic) bond motifs is 2. The van der Waals surface area contributed by atoms with E-state index in [0.717, 1.165) is 16.5 Å². The first-order valence-corrected chi connectivity index (χ1v) is 11.6. The number of carbonyl (C=O) groups excluding carboxylic acids is 1. The lowest BCUT2D eigenvalue weighted by atomic mass is 9.63. The summed E-state index contributed by atoms with van der Waals surface area (Å²) >= 11 is 0. The lowest BCUT2D eigenvalue weighted by Gasteiger charge is -2.42. The Labute approximate surface area is 195 Å². The molecule has 0 bridgehead atoms. The second-order valence-corrected chi connectivity index (χ2v) is 10.6. The fourth-order valence-corrected chi connectivity index (χ4v) is 5.00. The van der Waals surface area contributed by atoms with Crippen LogP contribution in [0.1, 0.15) is 62.2 Å². The van der Waals surface area contributed by atoms with E-state index in [1.807, 2.05) is 18.2 Å². The predicted molar refractivity (Wildman–Crippen MR) is 138 cm³/mol. The highest BCUT2D eigenvalue weighted by Crippen LogP contribution is 2.46. The normalized spacial score (nSPS) is 16.4. The molecule has 0 unspecified atom stereocenters. The van der Waals surface area contributed by atoms with Gasteiger partial charge in [0.2, 0.25) is 0 Å². The number of nitrogen functional groups attached to an aromatic ring is 1. The van der Waals surface area contributed by atoms with Crippen LogP contribution in [0, 0.1) is 0 Å². The first-order chi connectivity index (χ1) is 15.6. The van der Waals surface area contributed by atoms with Gasteiger partial charge in [0.25, 0.3) is 5.91 Å². The monoisotopic (exact) mass is 437 g/mol. The average molecular weight is 438 g/mol. The Kier molecular flexibility index (Phi) is 4.86. The Hall–Kier alpha value is -3.53. The summed E-state index contributed by atoms with van der Waals surface area (Å²) in [5.74, 6) is -0.205. The summed E-state index contributed by atoms with van der Waals surface area (Å²) in [6.07, 6.45) is 2.40. The zero-order valence-electron chi connectivity index (χ0n) is 19.8. The molecule has 4 aromatic rings. The Balaban J connectivity index is 1.48. The minimum absolute atomic E-state index is 0.169. The largest absolute Gasteiger partial charge is 0.397 e. The highest BCUT2D eigenvalue weighted by Gasteiger charge is 2.36. The molecular formula is C29H31N3O. The number of carbonyl (C=O) groups is 1. The van der Waals surface area contributed by atoms with Crippen molar-refractivity contribution >= 4 is 28.2 Å². The van der Waals surface area contributed by atoms with Crippen molar-refractivity contribution in [1.29, 1.82) is 0 Å². The van der Waals surface area contributed by atoms with Gasteiger partial charge >= 0.3 is 0 Å². The van der Waals surface area contributed by atoms with Gasteiger partial charge in [0.1, 0.15) is 5.69 Å². The Morgan fingerprint density at radius 2 is 1.52 bits per heavy atom. The number of anilines is 2. The summed E-state index contributed by atoms with van der Waals surface area (Å²) in [7, 11) is 0. The van der Waals surface area contributed by atoms with Crippen LogP contribution in [0.2, 0.25) is 0 Å². The van der Waals surface area contributed by atoms with Crippen molar-refractivity contribution < 1.29 is 4.79 Å². The Morgan fingerprint density at radius 1 is 0.848 bits per heavy atom. The molecule has 168 valence electrons. The molecule has 1 amide bonds. The smallest absolute Gasteiger partial charge is 0.272 e. The molecule has 33 heavy (non-hydrogen) atoms. The first-order valence-electron chi connectivity index (χ1n) is 11.6.